The summed E-state index contributed by atoms with van der Waals surface area (Å²) in [5, 5.41) is 0. The third-order valence-electron chi connectivity index (χ3n) is 3.98. The topological polar surface area (TPSA) is 26.0 Å². The van der Waals surface area contributed by atoms with E-state index in [1.807, 2.05) is 0 Å². The summed E-state index contributed by atoms with van der Waals surface area (Å²) in [6.07, 6.45) is 8.34. The molecule has 1 heteroatoms. The minimum absolute atomic E-state index is 0.272. The van der Waals surface area contributed by atoms with Crippen LogP contribution in [0.5, 0.6) is 0 Å². The van der Waals surface area contributed by atoms with Crippen molar-refractivity contribution in [3.63, 3.8) is 0 Å². The van der Waals surface area contributed by atoms with Gasteiger partial charge in [-0.05, 0) is 63.1 Å². The van der Waals surface area contributed by atoms with Gasteiger partial charge in [0.1, 0.15) is 0 Å². The van der Waals surface area contributed by atoms with Crippen LogP contribution in [0.1, 0.15) is 47.9 Å². The molecule has 1 aliphatic carbocycles. The molecular weight excluding hydrogens is 218 g/mol. The van der Waals surface area contributed by atoms with Crippen LogP contribution in [0.2, 0.25) is 0 Å². The molecule has 1 aromatic rings. The molecule has 0 saturated carbocycles. The van der Waals surface area contributed by atoms with E-state index in [-0.39, 0.29) is 6.04 Å². The van der Waals surface area contributed by atoms with E-state index in [9.17, 15) is 0 Å². The molecule has 1 atom stereocenters. The Bertz CT molecular complexity index is 434. The summed E-state index contributed by atoms with van der Waals surface area (Å²) in [6.45, 7) is 6.63. The number of rotatable bonds is 2. The molecule has 0 heterocycles. The minimum Gasteiger partial charge on any atom is -0.324 e. The first-order chi connectivity index (χ1) is 8.56. The molecule has 0 fully saturated rings. The van der Waals surface area contributed by atoms with Crippen molar-refractivity contribution >= 4 is 0 Å². The zero-order valence-electron chi connectivity index (χ0n) is 11.9. The number of benzene rings is 1. The van der Waals surface area contributed by atoms with E-state index >= 15 is 0 Å². The number of nitrogens with two attached hydrogens (primary N) is 1. The van der Waals surface area contributed by atoms with Gasteiger partial charge in [-0.1, -0.05) is 35.8 Å². The molecule has 0 aliphatic heterocycles. The maximum Gasteiger partial charge on any atom is 0.0226 e. The van der Waals surface area contributed by atoms with E-state index in [0.29, 0.717) is 0 Å². The number of hydrogen-bond acceptors (Lipinski definition) is 1. The first-order valence-corrected chi connectivity index (χ1v) is 7.08. The summed E-state index contributed by atoms with van der Waals surface area (Å²) in [5.74, 6) is 0. The zero-order valence-corrected chi connectivity index (χ0v) is 11.9. The first kappa shape index (κ1) is 13.4. The molecule has 0 aromatic heterocycles. The normalized spacial score (nSPS) is 20.4. The summed E-state index contributed by atoms with van der Waals surface area (Å²) in [5.41, 5.74) is 13.3. The maximum absolute atomic E-state index is 6.10. The van der Waals surface area contributed by atoms with E-state index in [1.165, 1.54) is 47.1 Å². The van der Waals surface area contributed by atoms with Crippen molar-refractivity contribution in [1.82, 2.24) is 0 Å². The van der Waals surface area contributed by atoms with Crippen LogP contribution in [-0.2, 0) is 6.42 Å². The summed E-state index contributed by atoms with van der Waals surface area (Å²) < 4.78 is 0. The molecule has 0 radical (unpaired) electrons. The van der Waals surface area contributed by atoms with Crippen LogP contribution in [0, 0.1) is 20.8 Å². The van der Waals surface area contributed by atoms with Crippen molar-refractivity contribution in [2.45, 2.75) is 58.9 Å². The predicted octanol–water partition coefficient (Wildman–Crippen LogP) is 3.98. The highest BCUT2D eigenvalue weighted by atomic mass is 14.6. The van der Waals surface area contributed by atoms with Crippen molar-refractivity contribution in [3.8, 4) is 0 Å². The largest absolute Gasteiger partial charge is 0.324 e. The Kier molecular flexibility index (Phi) is 4.23. The van der Waals surface area contributed by atoms with Gasteiger partial charge in [0, 0.05) is 6.04 Å². The Morgan fingerprint density at radius 3 is 2.44 bits per heavy atom. The highest BCUT2D eigenvalue weighted by Gasteiger charge is 2.11. The fourth-order valence-corrected chi connectivity index (χ4v) is 3.06. The van der Waals surface area contributed by atoms with Gasteiger partial charge in [-0.25, -0.2) is 0 Å². The Morgan fingerprint density at radius 2 is 1.78 bits per heavy atom. The predicted molar refractivity (Wildman–Crippen MR) is 78.9 cm³/mol. The fourth-order valence-electron chi connectivity index (χ4n) is 3.06. The van der Waals surface area contributed by atoms with Crippen LogP contribution in [-0.4, -0.2) is 6.04 Å². The van der Waals surface area contributed by atoms with Crippen LogP contribution in [0.3, 0.4) is 0 Å². The summed E-state index contributed by atoms with van der Waals surface area (Å²) >= 11 is 0. The van der Waals surface area contributed by atoms with Crippen LogP contribution in [0.25, 0.3) is 0 Å². The number of allylic oxidation sites excluding steroid dienone is 1. The Hall–Kier alpha value is -1.08. The van der Waals surface area contributed by atoms with Gasteiger partial charge in [0.15, 0.2) is 0 Å². The molecular formula is C17H25N. The van der Waals surface area contributed by atoms with Gasteiger partial charge >= 0.3 is 0 Å². The summed E-state index contributed by atoms with van der Waals surface area (Å²) in [7, 11) is 0. The van der Waals surface area contributed by atoms with E-state index in [2.05, 4.69) is 39.0 Å². The van der Waals surface area contributed by atoms with Gasteiger partial charge < -0.3 is 5.73 Å². The third-order valence-corrected chi connectivity index (χ3v) is 3.98. The minimum atomic E-state index is 0.272. The van der Waals surface area contributed by atoms with Gasteiger partial charge in [-0.2, -0.15) is 0 Å². The van der Waals surface area contributed by atoms with Crippen LogP contribution in [0.4, 0.5) is 0 Å². The highest BCUT2D eigenvalue weighted by molar-refractivity contribution is 5.40. The third kappa shape index (κ3) is 3.23. The second-order valence-electron chi connectivity index (χ2n) is 5.79. The van der Waals surface area contributed by atoms with E-state index in [1.54, 1.807) is 0 Å². The molecule has 2 rings (SSSR count). The van der Waals surface area contributed by atoms with Crippen molar-refractivity contribution in [3.05, 3.63) is 46.0 Å². The van der Waals surface area contributed by atoms with E-state index < -0.39 is 0 Å². The molecule has 0 bridgehead atoms. The van der Waals surface area contributed by atoms with Gasteiger partial charge in [-0.15, -0.1) is 0 Å². The number of hydrogen-bond donors (Lipinski definition) is 1. The van der Waals surface area contributed by atoms with Crippen molar-refractivity contribution in [2.24, 2.45) is 5.73 Å². The molecule has 98 valence electrons. The SMILES string of the molecule is Cc1cc(C)c(CC2=CC(N)CCCC2)c(C)c1. The molecule has 0 spiro atoms. The van der Waals surface area contributed by atoms with Crippen LogP contribution >= 0.6 is 0 Å². The van der Waals surface area contributed by atoms with Crippen molar-refractivity contribution < 1.29 is 0 Å². The molecule has 1 unspecified atom stereocenters. The quantitative estimate of drug-likeness (QED) is 0.781. The Labute approximate surface area is 111 Å². The van der Waals surface area contributed by atoms with E-state index in [0.717, 1.165) is 12.8 Å². The summed E-state index contributed by atoms with van der Waals surface area (Å²) in [4.78, 5) is 0. The molecule has 0 amide bonds. The van der Waals surface area contributed by atoms with Crippen LogP contribution < -0.4 is 5.73 Å². The molecule has 0 saturated heterocycles. The lowest BCUT2D eigenvalue weighted by Crippen LogP contribution is -2.16. The molecule has 18 heavy (non-hydrogen) atoms. The first-order valence-electron chi connectivity index (χ1n) is 7.08. The van der Waals surface area contributed by atoms with Crippen molar-refractivity contribution in [2.75, 3.05) is 0 Å². The van der Waals surface area contributed by atoms with Gasteiger partial charge in [0.25, 0.3) is 0 Å². The molecule has 1 aliphatic rings. The Balaban J connectivity index is 2.23. The van der Waals surface area contributed by atoms with Gasteiger partial charge in [0.05, 0.1) is 0 Å². The van der Waals surface area contributed by atoms with Gasteiger partial charge in [-0.3, -0.25) is 0 Å². The van der Waals surface area contributed by atoms with E-state index in [4.69, 9.17) is 5.73 Å². The van der Waals surface area contributed by atoms with Gasteiger partial charge in [0.2, 0.25) is 0 Å². The van der Waals surface area contributed by atoms with Crippen LogP contribution in [0.15, 0.2) is 23.8 Å². The standard InChI is InChI=1S/C17H25N/c1-12-8-13(2)17(14(3)9-12)11-15-6-4-5-7-16(18)10-15/h8-10,16H,4-7,11,18H2,1-3H3. The average molecular weight is 243 g/mol. The highest BCUT2D eigenvalue weighted by Crippen LogP contribution is 2.24. The second kappa shape index (κ2) is 5.71. The Morgan fingerprint density at radius 1 is 1.11 bits per heavy atom. The smallest absolute Gasteiger partial charge is 0.0226 e. The summed E-state index contributed by atoms with van der Waals surface area (Å²) in [6, 6.07) is 4.85. The molecule has 1 nitrogen and oxygen atoms in total. The monoisotopic (exact) mass is 243 g/mol. The van der Waals surface area contributed by atoms with Crippen molar-refractivity contribution in [1.29, 1.82) is 0 Å². The lowest BCUT2D eigenvalue weighted by Gasteiger charge is -2.14. The fraction of sp³-hybridized carbons (Fsp3) is 0.529. The lowest BCUT2D eigenvalue weighted by molar-refractivity contribution is 0.654. The molecule has 2 N–H and O–H groups in total. The lowest BCUT2D eigenvalue weighted by atomic mass is 9.92. The second-order valence-corrected chi connectivity index (χ2v) is 5.79. The number of aryl methyl sites for hydroxylation is 3. The zero-order chi connectivity index (χ0) is 13.1. The molecule has 1 aromatic carbocycles. The maximum atomic E-state index is 6.10. The average Bonchev–Trinajstić information content (AvgIpc) is 2.48.